The molecule has 0 aliphatic heterocycles. The predicted molar refractivity (Wildman–Crippen MR) is 114 cm³/mol. The zero-order valence-corrected chi connectivity index (χ0v) is 15.8. The monoisotopic (exact) mass is 380 g/mol. The highest BCUT2D eigenvalue weighted by Crippen LogP contribution is 2.34. The van der Waals surface area contributed by atoms with Gasteiger partial charge in [-0.2, -0.15) is 0 Å². The van der Waals surface area contributed by atoms with Crippen LogP contribution in [0.4, 0.5) is 10.1 Å². The van der Waals surface area contributed by atoms with Crippen LogP contribution in [0.25, 0.3) is 16.5 Å². The van der Waals surface area contributed by atoms with Gasteiger partial charge in [-0.3, -0.25) is 4.79 Å². The van der Waals surface area contributed by atoms with Crippen molar-refractivity contribution in [1.82, 2.24) is 4.57 Å². The summed E-state index contributed by atoms with van der Waals surface area (Å²) in [4.78, 5) is 17.9. The standard InChI is InChI=1S/C25H17FN2O/c1-28-15-20(17-9-4-7-13-24(17)28)19-14-23(27-22-12-6-5-11-21(22)26)16-8-2-3-10-18(16)25(19)29/h2-15H,1H3. The van der Waals surface area contributed by atoms with Crippen molar-refractivity contribution in [3.8, 4) is 0 Å². The lowest BCUT2D eigenvalue weighted by Crippen LogP contribution is -2.16. The van der Waals surface area contributed by atoms with Crippen molar-refractivity contribution in [1.29, 1.82) is 0 Å². The molecule has 3 aromatic carbocycles. The second kappa shape index (κ2) is 6.67. The summed E-state index contributed by atoms with van der Waals surface area (Å²) in [5.74, 6) is -0.445. The van der Waals surface area contributed by atoms with Gasteiger partial charge in [0.1, 0.15) is 5.82 Å². The van der Waals surface area contributed by atoms with E-state index in [4.69, 9.17) is 0 Å². The number of nitrogens with zero attached hydrogens (tertiary/aromatic N) is 2. The second-order valence-corrected chi connectivity index (χ2v) is 7.05. The number of aryl methyl sites for hydroxylation is 1. The van der Waals surface area contributed by atoms with Crippen molar-refractivity contribution < 1.29 is 9.18 Å². The number of ketones is 1. The summed E-state index contributed by atoms with van der Waals surface area (Å²) in [6, 6.07) is 21.7. The van der Waals surface area contributed by atoms with Crippen LogP contribution >= 0.6 is 0 Å². The molecule has 0 fully saturated rings. The van der Waals surface area contributed by atoms with E-state index in [9.17, 15) is 9.18 Å². The van der Waals surface area contributed by atoms with Crippen molar-refractivity contribution in [3.63, 3.8) is 0 Å². The molecule has 3 nitrogen and oxygen atoms in total. The second-order valence-electron chi connectivity index (χ2n) is 7.05. The number of halogens is 1. The largest absolute Gasteiger partial charge is 0.350 e. The Morgan fingerprint density at radius 1 is 0.828 bits per heavy atom. The van der Waals surface area contributed by atoms with Crippen LogP contribution in [0.3, 0.4) is 0 Å². The van der Waals surface area contributed by atoms with Crippen molar-refractivity contribution in [2.45, 2.75) is 0 Å². The molecular formula is C25H17FN2O. The number of benzene rings is 3. The van der Waals surface area contributed by atoms with Gasteiger partial charge in [0, 0.05) is 46.4 Å². The van der Waals surface area contributed by atoms with Gasteiger partial charge in [0.25, 0.3) is 0 Å². The van der Waals surface area contributed by atoms with Crippen LogP contribution in [0.15, 0.2) is 90.1 Å². The Morgan fingerprint density at radius 3 is 2.34 bits per heavy atom. The molecule has 1 aliphatic rings. The van der Waals surface area contributed by atoms with Crippen molar-refractivity contribution in [3.05, 3.63) is 108 Å². The molecular weight excluding hydrogens is 363 g/mol. The predicted octanol–water partition coefficient (Wildman–Crippen LogP) is 5.72. The molecule has 0 saturated carbocycles. The number of aliphatic imine (C=N–C) groups is 1. The average molecular weight is 380 g/mol. The minimum Gasteiger partial charge on any atom is -0.350 e. The lowest BCUT2D eigenvalue weighted by Gasteiger charge is -2.17. The van der Waals surface area contributed by atoms with E-state index in [-0.39, 0.29) is 11.5 Å². The summed E-state index contributed by atoms with van der Waals surface area (Å²) in [6.45, 7) is 0. The molecule has 0 N–H and O–H groups in total. The van der Waals surface area contributed by atoms with Crippen molar-refractivity contribution in [2.75, 3.05) is 0 Å². The van der Waals surface area contributed by atoms with Gasteiger partial charge in [-0.25, -0.2) is 9.38 Å². The molecule has 1 heterocycles. The molecule has 0 amide bonds. The number of allylic oxidation sites excluding steroid dienone is 2. The van der Waals surface area contributed by atoms with E-state index in [1.54, 1.807) is 30.3 Å². The normalized spacial score (nSPS) is 14.9. The van der Waals surface area contributed by atoms with E-state index >= 15 is 0 Å². The van der Waals surface area contributed by atoms with E-state index in [0.717, 1.165) is 16.5 Å². The Bertz CT molecular complexity index is 1340. The van der Waals surface area contributed by atoms with Gasteiger partial charge >= 0.3 is 0 Å². The minimum absolute atomic E-state index is 0.0514. The van der Waals surface area contributed by atoms with Gasteiger partial charge in [0.15, 0.2) is 5.78 Å². The van der Waals surface area contributed by atoms with E-state index in [1.807, 2.05) is 60.3 Å². The lowest BCUT2D eigenvalue weighted by atomic mass is 9.85. The fraction of sp³-hybridized carbons (Fsp3) is 0.0400. The number of hydrogen-bond acceptors (Lipinski definition) is 2. The third-order valence-electron chi connectivity index (χ3n) is 5.25. The maximum Gasteiger partial charge on any atom is 0.194 e. The smallest absolute Gasteiger partial charge is 0.194 e. The molecule has 1 aromatic heterocycles. The number of hydrogen-bond donors (Lipinski definition) is 0. The summed E-state index contributed by atoms with van der Waals surface area (Å²) < 4.78 is 16.2. The molecule has 4 heteroatoms. The molecule has 0 atom stereocenters. The van der Waals surface area contributed by atoms with Crippen LogP contribution in [0.5, 0.6) is 0 Å². The fourth-order valence-corrected chi connectivity index (χ4v) is 3.85. The van der Waals surface area contributed by atoms with Crippen molar-refractivity contribution in [2.24, 2.45) is 12.0 Å². The summed E-state index contributed by atoms with van der Waals surface area (Å²) >= 11 is 0. The van der Waals surface area contributed by atoms with E-state index in [0.29, 0.717) is 22.4 Å². The number of para-hydroxylation sites is 2. The molecule has 0 spiro atoms. The number of carbonyl (C=O) groups is 1. The van der Waals surface area contributed by atoms with Crippen molar-refractivity contribution >= 4 is 33.7 Å². The summed E-state index contributed by atoms with van der Waals surface area (Å²) in [6.07, 6.45) is 3.74. The molecule has 0 bridgehead atoms. The summed E-state index contributed by atoms with van der Waals surface area (Å²) in [7, 11) is 1.96. The molecule has 0 saturated heterocycles. The Labute approximate surface area is 167 Å². The van der Waals surface area contributed by atoms with Crippen LogP contribution in [-0.4, -0.2) is 16.1 Å². The van der Waals surface area contributed by atoms with Gasteiger partial charge in [-0.1, -0.05) is 54.6 Å². The third-order valence-corrected chi connectivity index (χ3v) is 5.25. The molecule has 0 unspecified atom stereocenters. The number of carbonyl (C=O) groups excluding carboxylic acids is 1. The Hall–Kier alpha value is -3.79. The van der Waals surface area contributed by atoms with Crippen LogP contribution < -0.4 is 0 Å². The van der Waals surface area contributed by atoms with Gasteiger partial charge in [-0.05, 0) is 24.3 Å². The van der Waals surface area contributed by atoms with Gasteiger partial charge < -0.3 is 4.57 Å². The molecule has 29 heavy (non-hydrogen) atoms. The van der Waals surface area contributed by atoms with Crippen LogP contribution in [0.1, 0.15) is 21.5 Å². The van der Waals surface area contributed by atoms with Crippen LogP contribution in [0.2, 0.25) is 0 Å². The zero-order valence-electron chi connectivity index (χ0n) is 15.8. The topological polar surface area (TPSA) is 34.4 Å². The summed E-state index contributed by atoms with van der Waals surface area (Å²) in [5.41, 5.74) is 4.58. The Morgan fingerprint density at radius 2 is 1.52 bits per heavy atom. The number of Topliss-reactive ketones (excluding diaryl/α,β-unsaturated/α-hetero) is 1. The average Bonchev–Trinajstić information content (AvgIpc) is 3.08. The number of fused-ring (bicyclic) bond motifs is 2. The van der Waals surface area contributed by atoms with E-state index in [1.165, 1.54) is 6.07 Å². The van der Waals surface area contributed by atoms with Gasteiger partial charge in [-0.15, -0.1) is 0 Å². The van der Waals surface area contributed by atoms with Gasteiger partial charge in [0.2, 0.25) is 0 Å². The van der Waals surface area contributed by atoms with Crippen LogP contribution in [-0.2, 0) is 7.05 Å². The van der Waals surface area contributed by atoms with E-state index < -0.39 is 5.82 Å². The Kier molecular flexibility index (Phi) is 3.98. The van der Waals surface area contributed by atoms with Gasteiger partial charge in [0.05, 0.1) is 11.4 Å². The Balaban J connectivity index is 1.77. The first kappa shape index (κ1) is 17.3. The molecule has 4 aromatic rings. The minimum atomic E-state index is -0.394. The quantitative estimate of drug-likeness (QED) is 0.438. The first-order chi connectivity index (χ1) is 14.1. The molecule has 0 radical (unpaired) electrons. The maximum absolute atomic E-state index is 14.2. The fourth-order valence-electron chi connectivity index (χ4n) is 3.85. The van der Waals surface area contributed by atoms with Crippen LogP contribution in [0, 0.1) is 5.82 Å². The lowest BCUT2D eigenvalue weighted by molar-refractivity contribution is 0.105. The highest BCUT2D eigenvalue weighted by Gasteiger charge is 2.27. The SMILES string of the molecule is Cn1cc(C2=CC(=Nc3ccccc3F)c3ccccc3C2=O)c2ccccc21. The molecule has 1 aliphatic carbocycles. The molecule has 140 valence electrons. The maximum atomic E-state index is 14.2. The highest BCUT2D eigenvalue weighted by molar-refractivity contribution is 6.40. The first-order valence-electron chi connectivity index (χ1n) is 9.37. The molecule has 5 rings (SSSR count). The summed E-state index contributed by atoms with van der Waals surface area (Å²) in [5, 5.41) is 0.999. The number of rotatable bonds is 2. The number of aromatic nitrogens is 1. The van der Waals surface area contributed by atoms with E-state index in [2.05, 4.69) is 4.99 Å². The highest BCUT2D eigenvalue weighted by atomic mass is 19.1. The third kappa shape index (κ3) is 2.81. The zero-order chi connectivity index (χ0) is 20.0. The first-order valence-corrected chi connectivity index (χ1v) is 9.37.